The molecule has 0 aliphatic rings. The summed E-state index contributed by atoms with van der Waals surface area (Å²) in [6.07, 6.45) is 0. The van der Waals surface area contributed by atoms with Crippen molar-refractivity contribution in [1.82, 2.24) is 0 Å². The molecular formula is C9H11AsO2. The van der Waals surface area contributed by atoms with Crippen molar-refractivity contribution in [3.63, 3.8) is 0 Å². The summed E-state index contributed by atoms with van der Waals surface area (Å²) in [6, 6.07) is 7.26. The van der Waals surface area contributed by atoms with Gasteiger partial charge in [-0.25, -0.2) is 0 Å². The third-order valence-electron chi connectivity index (χ3n) is 1.62. The molecule has 2 nitrogen and oxygen atoms in total. The monoisotopic (exact) mass is 226 g/mol. The van der Waals surface area contributed by atoms with E-state index in [0.717, 1.165) is 4.35 Å². The van der Waals surface area contributed by atoms with Crippen LogP contribution in [-0.2, 0) is 0 Å². The second kappa shape index (κ2) is 3.77. The van der Waals surface area contributed by atoms with E-state index in [2.05, 4.69) is 11.4 Å². The Morgan fingerprint density at radius 3 is 2.33 bits per heavy atom. The van der Waals surface area contributed by atoms with Crippen molar-refractivity contribution in [2.24, 2.45) is 0 Å². The van der Waals surface area contributed by atoms with E-state index in [9.17, 15) is 4.79 Å². The Bertz CT molecular complexity index is 294. The molecule has 0 spiro atoms. The maximum absolute atomic E-state index is 10.7. The molecule has 0 radical (unpaired) electrons. The molecule has 64 valence electrons. The average molecular weight is 226 g/mol. The molecule has 3 heteroatoms. The summed E-state index contributed by atoms with van der Waals surface area (Å²) in [5, 5.41) is 8.84. The summed E-state index contributed by atoms with van der Waals surface area (Å²) in [4.78, 5) is 10.7. The Labute approximate surface area is 76.5 Å². The number of hydrogen-bond donors (Lipinski definition) is 1. The fraction of sp³-hybridized carbons (Fsp3) is 0.222. The standard InChI is InChI=1S/C9H11AsO2/c1-10(2)8-6-4-3-5-7(8)9(11)12/h3-6H,1-2H3,(H,11,12). The molecule has 0 saturated heterocycles. The van der Waals surface area contributed by atoms with Crippen LogP contribution in [0.15, 0.2) is 24.3 Å². The fourth-order valence-electron chi connectivity index (χ4n) is 1.04. The summed E-state index contributed by atoms with van der Waals surface area (Å²) < 4.78 is 1.04. The first-order valence-corrected chi connectivity index (χ1v) is 8.31. The summed E-state index contributed by atoms with van der Waals surface area (Å²) in [7, 11) is 0. The molecule has 0 heterocycles. The molecule has 0 unspecified atom stereocenters. The van der Waals surface area contributed by atoms with Crippen LogP contribution in [0.5, 0.6) is 0 Å². The van der Waals surface area contributed by atoms with Gasteiger partial charge in [-0.05, 0) is 0 Å². The maximum atomic E-state index is 10.7. The molecule has 1 N–H and O–H groups in total. The van der Waals surface area contributed by atoms with Gasteiger partial charge in [0.25, 0.3) is 0 Å². The molecule has 0 amide bonds. The van der Waals surface area contributed by atoms with Crippen molar-refractivity contribution < 1.29 is 9.90 Å². The first-order chi connectivity index (χ1) is 5.63. The van der Waals surface area contributed by atoms with E-state index in [0.29, 0.717) is 5.56 Å². The molecule has 1 aromatic carbocycles. The van der Waals surface area contributed by atoms with Crippen LogP contribution in [0, 0.1) is 0 Å². The van der Waals surface area contributed by atoms with E-state index in [1.165, 1.54) is 0 Å². The number of hydrogen-bond acceptors (Lipinski definition) is 1. The van der Waals surface area contributed by atoms with E-state index in [1.807, 2.05) is 12.1 Å². The van der Waals surface area contributed by atoms with Crippen molar-refractivity contribution in [2.45, 2.75) is 11.4 Å². The van der Waals surface area contributed by atoms with Crippen molar-refractivity contribution in [2.75, 3.05) is 0 Å². The van der Waals surface area contributed by atoms with Gasteiger partial charge in [0, 0.05) is 0 Å². The Balaban J connectivity index is 3.17. The van der Waals surface area contributed by atoms with Gasteiger partial charge in [-0.2, -0.15) is 0 Å². The molecule has 0 saturated carbocycles. The zero-order valence-corrected chi connectivity index (χ0v) is 8.99. The molecule has 12 heavy (non-hydrogen) atoms. The van der Waals surface area contributed by atoms with Crippen LogP contribution in [-0.4, -0.2) is 25.7 Å². The van der Waals surface area contributed by atoms with Gasteiger partial charge in [-0.3, -0.25) is 0 Å². The predicted octanol–water partition coefficient (Wildman–Crippen LogP) is 1.35. The third kappa shape index (κ3) is 1.89. The molecule has 1 rings (SSSR count). The fourth-order valence-corrected chi connectivity index (χ4v) is 3.22. The van der Waals surface area contributed by atoms with Gasteiger partial charge >= 0.3 is 76.1 Å². The average Bonchev–Trinajstić information content (AvgIpc) is 2.04. The summed E-state index contributed by atoms with van der Waals surface area (Å²) in [6.45, 7) is 0. The molecule has 0 fully saturated rings. The van der Waals surface area contributed by atoms with Crippen LogP contribution in [0.25, 0.3) is 0 Å². The van der Waals surface area contributed by atoms with Crippen molar-refractivity contribution >= 4 is 25.0 Å². The van der Waals surface area contributed by atoms with Gasteiger partial charge in [0.1, 0.15) is 0 Å². The number of carboxylic acids is 1. The predicted molar refractivity (Wildman–Crippen MR) is 50.5 cm³/mol. The zero-order valence-electron chi connectivity index (χ0n) is 7.11. The van der Waals surface area contributed by atoms with E-state index in [-0.39, 0.29) is 0 Å². The number of aromatic carboxylic acids is 1. The van der Waals surface area contributed by atoms with Crippen molar-refractivity contribution in [3.05, 3.63) is 29.8 Å². The SMILES string of the molecule is C[As](C)c1ccccc1C(=O)O. The van der Waals surface area contributed by atoms with Crippen LogP contribution in [0.4, 0.5) is 0 Å². The Morgan fingerprint density at radius 1 is 1.33 bits per heavy atom. The van der Waals surface area contributed by atoms with E-state index < -0.39 is 20.6 Å². The Hall–Kier alpha value is -0.752. The number of rotatable bonds is 2. The minimum absolute atomic E-state index is 0.475. The number of carbonyl (C=O) groups is 1. The first-order valence-electron chi connectivity index (χ1n) is 3.62. The number of carboxylic acid groups (broad SMARTS) is 1. The van der Waals surface area contributed by atoms with Crippen LogP contribution in [0.1, 0.15) is 10.4 Å². The molecule has 0 aliphatic carbocycles. The number of benzene rings is 1. The second-order valence-corrected chi connectivity index (χ2v) is 7.48. The van der Waals surface area contributed by atoms with Gasteiger partial charge in [0.2, 0.25) is 0 Å². The van der Waals surface area contributed by atoms with Gasteiger partial charge in [0.15, 0.2) is 0 Å². The zero-order chi connectivity index (χ0) is 9.14. The van der Waals surface area contributed by atoms with E-state index in [1.54, 1.807) is 12.1 Å². The van der Waals surface area contributed by atoms with E-state index >= 15 is 0 Å². The third-order valence-corrected chi connectivity index (χ3v) is 4.46. The molecule has 1 aromatic rings. The molecular weight excluding hydrogens is 215 g/mol. The topological polar surface area (TPSA) is 37.3 Å². The Morgan fingerprint density at radius 2 is 1.92 bits per heavy atom. The molecule has 0 aromatic heterocycles. The van der Waals surface area contributed by atoms with Gasteiger partial charge < -0.3 is 0 Å². The molecule has 0 aliphatic heterocycles. The Kier molecular flexibility index (Phi) is 2.93. The van der Waals surface area contributed by atoms with Gasteiger partial charge in [-0.1, -0.05) is 0 Å². The van der Waals surface area contributed by atoms with Crippen LogP contribution < -0.4 is 4.35 Å². The first kappa shape index (κ1) is 9.34. The van der Waals surface area contributed by atoms with Crippen LogP contribution in [0.3, 0.4) is 0 Å². The van der Waals surface area contributed by atoms with Crippen LogP contribution in [0.2, 0.25) is 11.4 Å². The summed E-state index contributed by atoms with van der Waals surface area (Å²) in [5.74, 6) is -0.811. The second-order valence-electron chi connectivity index (χ2n) is 2.72. The molecule has 0 atom stereocenters. The van der Waals surface area contributed by atoms with Gasteiger partial charge in [-0.15, -0.1) is 0 Å². The molecule has 0 bridgehead atoms. The van der Waals surface area contributed by atoms with Crippen molar-refractivity contribution in [3.8, 4) is 0 Å². The summed E-state index contributed by atoms with van der Waals surface area (Å²) in [5.41, 5.74) is 4.74. The normalized spacial score (nSPS) is 10.2. The van der Waals surface area contributed by atoms with Crippen molar-refractivity contribution in [1.29, 1.82) is 0 Å². The van der Waals surface area contributed by atoms with Crippen LogP contribution >= 0.6 is 0 Å². The van der Waals surface area contributed by atoms with E-state index in [4.69, 9.17) is 5.11 Å². The quantitative estimate of drug-likeness (QED) is 0.773. The summed E-state index contributed by atoms with van der Waals surface area (Å²) >= 11 is -1.07. The van der Waals surface area contributed by atoms with Gasteiger partial charge in [0.05, 0.1) is 0 Å². The minimum atomic E-state index is -1.07.